The number of hydrogen-bond donors (Lipinski definition) is 0. The third-order valence-electron chi connectivity index (χ3n) is 6.56. The van der Waals surface area contributed by atoms with Gasteiger partial charge in [0.05, 0.1) is 13.4 Å². The third-order valence-corrected chi connectivity index (χ3v) is 6.90. The summed E-state index contributed by atoms with van der Waals surface area (Å²) in [6.07, 6.45) is 7.04. The molecule has 0 N–H and O–H groups in total. The normalized spacial score (nSPS) is 14.0. The molecule has 5 heteroatoms. The molecule has 2 heterocycles. The standard InChI is InChI=1S/C28H28N2O2S/c1-31-25-15-8-6-12-21(25)22(26-16-9-19-32-26)17-18-30-24-14-7-5-13-23(24)28(33)29-27(30)20-10-3-2-4-11-20/h2-4,6,8-12,15-16,19,22H,5,7,13-14,17-18H2,1H3/t22-/m1/s1. The second-order valence-electron chi connectivity index (χ2n) is 8.49. The van der Waals surface area contributed by atoms with Crippen LogP contribution in [0.15, 0.2) is 77.4 Å². The van der Waals surface area contributed by atoms with Crippen molar-refractivity contribution in [2.24, 2.45) is 0 Å². The molecule has 1 aliphatic carbocycles. The van der Waals surface area contributed by atoms with Gasteiger partial charge in [-0.1, -0.05) is 60.7 Å². The predicted molar refractivity (Wildman–Crippen MR) is 133 cm³/mol. The molecule has 2 aromatic carbocycles. The van der Waals surface area contributed by atoms with Crippen LogP contribution in [-0.4, -0.2) is 16.7 Å². The number of nitrogens with zero attached hydrogens (tertiary/aromatic N) is 2. The summed E-state index contributed by atoms with van der Waals surface area (Å²) in [6.45, 7) is 0.818. The first-order chi connectivity index (χ1) is 16.3. The largest absolute Gasteiger partial charge is 0.496 e. The molecule has 2 aromatic heterocycles. The van der Waals surface area contributed by atoms with E-state index in [0.29, 0.717) is 0 Å². The van der Waals surface area contributed by atoms with E-state index in [9.17, 15) is 0 Å². The van der Waals surface area contributed by atoms with Crippen molar-refractivity contribution in [1.82, 2.24) is 9.55 Å². The number of aromatic nitrogens is 2. The van der Waals surface area contributed by atoms with E-state index in [1.807, 2.05) is 24.3 Å². The fourth-order valence-electron chi connectivity index (χ4n) is 4.97. The SMILES string of the molecule is COc1ccccc1[C@@H](CCn1c(-c2ccccc2)nc(=S)c2c1CCCC2)c1ccco1. The first-order valence-corrected chi connectivity index (χ1v) is 12.0. The molecule has 168 valence electrons. The van der Waals surface area contributed by atoms with E-state index in [2.05, 4.69) is 47.0 Å². The Kier molecular flexibility index (Phi) is 6.40. The lowest BCUT2D eigenvalue weighted by Gasteiger charge is -2.26. The maximum absolute atomic E-state index is 5.89. The van der Waals surface area contributed by atoms with Crippen molar-refractivity contribution in [3.05, 3.63) is 100 Å². The fraction of sp³-hybridized carbons (Fsp3) is 0.286. The molecule has 0 bridgehead atoms. The summed E-state index contributed by atoms with van der Waals surface area (Å²) in [5.41, 5.74) is 4.84. The van der Waals surface area contributed by atoms with E-state index in [1.54, 1.807) is 13.4 Å². The van der Waals surface area contributed by atoms with E-state index in [0.717, 1.165) is 58.9 Å². The van der Waals surface area contributed by atoms with Gasteiger partial charge in [-0.2, -0.15) is 0 Å². The highest BCUT2D eigenvalue weighted by Gasteiger charge is 2.24. The minimum absolute atomic E-state index is 0.0784. The number of methoxy groups -OCH3 is 1. The van der Waals surface area contributed by atoms with Crippen LogP contribution in [0.4, 0.5) is 0 Å². The van der Waals surface area contributed by atoms with Gasteiger partial charge < -0.3 is 13.7 Å². The van der Waals surface area contributed by atoms with Crippen LogP contribution in [0.1, 0.15) is 47.8 Å². The van der Waals surface area contributed by atoms with Crippen LogP contribution in [0, 0.1) is 4.64 Å². The lowest BCUT2D eigenvalue weighted by atomic mass is 9.91. The quantitative estimate of drug-likeness (QED) is 0.281. The Morgan fingerprint density at radius 3 is 2.58 bits per heavy atom. The van der Waals surface area contributed by atoms with E-state index in [4.69, 9.17) is 26.4 Å². The molecule has 4 aromatic rings. The minimum atomic E-state index is 0.0784. The van der Waals surface area contributed by atoms with Crippen molar-refractivity contribution in [2.75, 3.05) is 7.11 Å². The highest BCUT2D eigenvalue weighted by molar-refractivity contribution is 7.71. The topological polar surface area (TPSA) is 40.2 Å². The van der Waals surface area contributed by atoms with Crippen LogP contribution in [0.25, 0.3) is 11.4 Å². The Hall–Kier alpha value is -3.18. The molecule has 0 unspecified atom stereocenters. The van der Waals surface area contributed by atoms with Gasteiger partial charge in [0, 0.05) is 34.8 Å². The molecule has 1 atom stereocenters. The first kappa shape index (κ1) is 21.7. The molecule has 0 amide bonds. The van der Waals surface area contributed by atoms with E-state index >= 15 is 0 Å². The fourth-order valence-corrected chi connectivity index (χ4v) is 5.28. The summed E-state index contributed by atoms with van der Waals surface area (Å²) in [6, 6.07) is 22.6. The zero-order valence-corrected chi connectivity index (χ0v) is 19.7. The molecule has 0 aliphatic heterocycles. The summed E-state index contributed by atoms with van der Waals surface area (Å²) in [4.78, 5) is 4.93. The van der Waals surface area contributed by atoms with Crippen LogP contribution in [0.2, 0.25) is 0 Å². The number of ether oxygens (including phenoxy) is 1. The van der Waals surface area contributed by atoms with Crippen LogP contribution >= 0.6 is 12.2 Å². The maximum atomic E-state index is 5.89. The Morgan fingerprint density at radius 2 is 1.79 bits per heavy atom. The predicted octanol–water partition coefficient (Wildman–Crippen LogP) is 6.98. The van der Waals surface area contributed by atoms with Crippen molar-refractivity contribution in [1.29, 1.82) is 0 Å². The van der Waals surface area contributed by atoms with Crippen molar-refractivity contribution in [2.45, 2.75) is 44.6 Å². The molecule has 5 rings (SSSR count). The molecule has 0 saturated carbocycles. The van der Waals surface area contributed by atoms with Gasteiger partial charge in [-0.05, 0) is 50.3 Å². The molecule has 4 nitrogen and oxygen atoms in total. The second-order valence-corrected chi connectivity index (χ2v) is 8.88. The number of para-hydroxylation sites is 1. The number of furan rings is 1. The Bertz CT molecular complexity index is 1280. The Labute approximate surface area is 199 Å². The Morgan fingerprint density at radius 1 is 1.00 bits per heavy atom. The molecule has 1 aliphatic rings. The lowest BCUT2D eigenvalue weighted by Crippen LogP contribution is -2.19. The van der Waals surface area contributed by atoms with Crippen molar-refractivity contribution in [3.8, 4) is 17.1 Å². The van der Waals surface area contributed by atoms with Gasteiger partial charge in [0.15, 0.2) is 0 Å². The highest BCUT2D eigenvalue weighted by atomic mass is 32.1. The van der Waals surface area contributed by atoms with Gasteiger partial charge in [0.25, 0.3) is 0 Å². The summed E-state index contributed by atoms with van der Waals surface area (Å²) in [7, 11) is 1.73. The molecule has 0 saturated heterocycles. The molecule has 33 heavy (non-hydrogen) atoms. The average Bonchev–Trinajstić information content (AvgIpc) is 3.41. The highest BCUT2D eigenvalue weighted by Crippen LogP contribution is 2.36. The van der Waals surface area contributed by atoms with Gasteiger partial charge >= 0.3 is 0 Å². The molecule has 0 fully saturated rings. The molecule has 0 spiro atoms. The Balaban J connectivity index is 1.58. The smallest absolute Gasteiger partial charge is 0.141 e. The molecular formula is C28H28N2O2S. The van der Waals surface area contributed by atoms with Gasteiger partial charge in [0.1, 0.15) is 22.0 Å². The number of hydrogen-bond acceptors (Lipinski definition) is 4. The van der Waals surface area contributed by atoms with Crippen LogP contribution in [0.5, 0.6) is 5.75 Å². The van der Waals surface area contributed by atoms with E-state index in [1.165, 1.54) is 24.1 Å². The number of rotatable bonds is 7. The second kappa shape index (κ2) is 9.75. The van der Waals surface area contributed by atoms with Crippen LogP contribution < -0.4 is 4.74 Å². The third kappa shape index (κ3) is 4.38. The summed E-state index contributed by atoms with van der Waals surface area (Å²) < 4.78 is 14.8. The zero-order chi connectivity index (χ0) is 22.6. The maximum Gasteiger partial charge on any atom is 0.141 e. The van der Waals surface area contributed by atoms with Crippen molar-refractivity contribution in [3.63, 3.8) is 0 Å². The number of benzene rings is 2. The molecular weight excluding hydrogens is 428 g/mol. The van der Waals surface area contributed by atoms with Gasteiger partial charge in [0.2, 0.25) is 0 Å². The lowest BCUT2D eigenvalue weighted by molar-refractivity contribution is 0.396. The summed E-state index contributed by atoms with van der Waals surface area (Å²) in [5, 5.41) is 0. The summed E-state index contributed by atoms with van der Waals surface area (Å²) >= 11 is 5.74. The van der Waals surface area contributed by atoms with Gasteiger partial charge in [-0.3, -0.25) is 0 Å². The van der Waals surface area contributed by atoms with E-state index < -0.39 is 0 Å². The first-order valence-electron chi connectivity index (χ1n) is 11.6. The molecule has 0 radical (unpaired) electrons. The monoisotopic (exact) mass is 456 g/mol. The van der Waals surface area contributed by atoms with Crippen molar-refractivity contribution >= 4 is 12.2 Å². The zero-order valence-electron chi connectivity index (χ0n) is 18.9. The van der Waals surface area contributed by atoms with E-state index in [-0.39, 0.29) is 5.92 Å². The number of fused-ring (bicyclic) bond motifs is 1. The average molecular weight is 457 g/mol. The summed E-state index contributed by atoms with van der Waals surface area (Å²) in [5.74, 6) is 2.87. The van der Waals surface area contributed by atoms with Crippen LogP contribution in [0.3, 0.4) is 0 Å². The minimum Gasteiger partial charge on any atom is -0.496 e. The van der Waals surface area contributed by atoms with Crippen LogP contribution in [-0.2, 0) is 19.4 Å². The van der Waals surface area contributed by atoms with Crippen molar-refractivity contribution < 1.29 is 9.15 Å². The van der Waals surface area contributed by atoms with Gasteiger partial charge in [-0.15, -0.1) is 0 Å². The van der Waals surface area contributed by atoms with Gasteiger partial charge in [-0.25, -0.2) is 4.98 Å².